The van der Waals surface area contributed by atoms with Crippen molar-refractivity contribution in [2.45, 2.75) is 58.2 Å². The minimum absolute atomic E-state index is 0.0351. The van der Waals surface area contributed by atoms with E-state index in [-0.39, 0.29) is 12.5 Å². The van der Waals surface area contributed by atoms with Crippen molar-refractivity contribution in [2.24, 2.45) is 5.92 Å². The van der Waals surface area contributed by atoms with Gasteiger partial charge in [-0.05, 0) is 44.2 Å². The van der Waals surface area contributed by atoms with E-state index in [0.717, 1.165) is 12.8 Å². The van der Waals surface area contributed by atoms with Gasteiger partial charge in [-0.15, -0.1) is 0 Å². The highest BCUT2D eigenvalue weighted by molar-refractivity contribution is 5.38. The second-order valence-corrected chi connectivity index (χ2v) is 6.09. The van der Waals surface area contributed by atoms with Crippen LogP contribution in [0.25, 0.3) is 0 Å². The molecular formula is C18H22F3NO2. The van der Waals surface area contributed by atoms with E-state index in [2.05, 4.69) is 16.8 Å². The zero-order valence-corrected chi connectivity index (χ0v) is 14.1. The minimum atomic E-state index is -4.81. The minimum Gasteiger partial charge on any atom is -0.350 e. The summed E-state index contributed by atoms with van der Waals surface area (Å²) in [5.41, 5.74) is -2.95. The molecule has 0 bridgehead atoms. The monoisotopic (exact) mass is 341 g/mol. The molecular weight excluding hydrogens is 319 g/mol. The number of aryl methyl sites for hydroxylation is 2. The molecule has 3 nitrogen and oxygen atoms in total. The Morgan fingerprint density at radius 2 is 2.00 bits per heavy atom. The quantitative estimate of drug-likeness (QED) is 0.827. The van der Waals surface area contributed by atoms with Gasteiger partial charge in [-0.3, -0.25) is 4.79 Å². The van der Waals surface area contributed by atoms with Gasteiger partial charge in [0, 0.05) is 18.2 Å². The molecule has 6 heteroatoms. The fourth-order valence-electron chi connectivity index (χ4n) is 2.47. The SMILES string of the molecule is CCCO[C@@](C#CC1CC1)(c1cc(CC)c(C)[nH]c1=O)C(F)(F)F. The zero-order valence-electron chi connectivity index (χ0n) is 14.1. The first-order valence-corrected chi connectivity index (χ1v) is 8.21. The predicted octanol–water partition coefficient (Wildman–Crippen LogP) is 3.84. The van der Waals surface area contributed by atoms with Crippen LogP contribution in [0.4, 0.5) is 13.2 Å². The highest BCUT2D eigenvalue weighted by Crippen LogP contribution is 2.42. The average Bonchev–Trinajstić information content (AvgIpc) is 3.31. The summed E-state index contributed by atoms with van der Waals surface area (Å²) in [6, 6.07) is 1.29. The van der Waals surface area contributed by atoms with Gasteiger partial charge in [0.15, 0.2) is 0 Å². The molecule has 1 saturated carbocycles. The average molecular weight is 341 g/mol. The van der Waals surface area contributed by atoms with Crippen molar-refractivity contribution in [3.8, 4) is 11.8 Å². The number of halogens is 3. The van der Waals surface area contributed by atoms with Crippen LogP contribution in [0.1, 0.15) is 49.9 Å². The van der Waals surface area contributed by atoms with Crippen LogP contribution < -0.4 is 5.56 Å². The normalized spacial score (nSPS) is 17.1. The molecule has 24 heavy (non-hydrogen) atoms. The number of aromatic nitrogens is 1. The number of hydrogen-bond acceptors (Lipinski definition) is 2. The van der Waals surface area contributed by atoms with Crippen LogP contribution in [0, 0.1) is 24.7 Å². The van der Waals surface area contributed by atoms with Gasteiger partial charge in [0.2, 0.25) is 0 Å². The largest absolute Gasteiger partial charge is 0.433 e. The number of aromatic amines is 1. The van der Waals surface area contributed by atoms with Crippen molar-refractivity contribution in [1.29, 1.82) is 0 Å². The van der Waals surface area contributed by atoms with Gasteiger partial charge >= 0.3 is 6.18 Å². The molecule has 0 aliphatic heterocycles. The van der Waals surface area contributed by atoms with Gasteiger partial charge in [0.25, 0.3) is 11.2 Å². The molecule has 1 atom stereocenters. The molecule has 1 aromatic rings. The lowest BCUT2D eigenvalue weighted by Crippen LogP contribution is -2.47. The van der Waals surface area contributed by atoms with Crippen molar-refractivity contribution in [3.63, 3.8) is 0 Å². The third-order valence-electron chi connectivity index (χ3n) is 4.06. The molecule has 1 aliphatic carbocycles. The van der Waals surface area contributed by atoms with Crippen LogP contribution >= 0.6 is 0 Å². The lowest BCUT2D eigenvalue weighted by Gasteiger charge is -2.31. The molecule has 1 fully saturated rings. The van der Waals surface area contributed by atoms with Crippen molar-refractivity contribution in [1.82, 2.24) is 4.98 Å². The standard InChI is InChI=1S/C18H22F3NO2/c1-4-10-24-17(18(19,20)21,9-8-13-6-7-13)15-11-14(5-2)12(3)22-16(15)23/h11,13H,4-7,10H2,1-3H3,(H,22,23)/t17-/m0/s1. The first-order chi connectivity index (χ1) is 11.2. The van der Waals surface area contributed by atoms with Gasteiger partial charge in [-0.2, -0.15) is 13.2 Å². The van der Waals surface area contributed by atoms with Crippen LogP contribution in [0.15, 0.2) is 10.9 Å². The first kappa shape index (κ1) is 18.6. The molecule has 0 saturated heterocycles. The number of hydrogen-bond donors (Lipinski definition) is 1. The Bertz CT molecular complexity index is 708. The van der Waals surface area contributed by atoms with Gasteiger partial charge in [-0.1, -0.05) is 25.7 Å². The number of ether oxygens (including phenoxy) is 1. The lowest BCUT2D eigenvalue weighted by atomic mass is 9.91. The highest BCUT2D eigenvalue weighted by atomic mass is 19.4. The Morgan fingerprint density at radius 3 is 2.50 bits per heavy atom. The Morgan fingerprint density at radius 1 is 1.33 bits per heavy atom. The maximum atomic E-state index is 14.0. The van der Waals surface area contributed by atoms with Gasteiger partial charge in [0.1, 0.15) is 0 Å². The van der Waals surface area contributed by atoms with Crippen LogP contribution in [-0.4, -0.2) is 17.8 Å². The molecule has 1 aliphatic rings. The zero-order chi connectivity index (χ0) is 18.0. The highest BCUT2D eigenvalue weighted by Gasteiger charge is 2.58. The summed E-state index contributed by atoms with van der Waals surface area (Å²) < 4.78 is 47.2. The van der Waals surface area contributed by atoms with Gasteiger partial charge < -0.3 is 9.72 Å². The van der Waals surface area contributed by atoms with Crippen molar-refractivity contribution < 1.29 is 17.9 Å². The van der Waals surface area contributed by atoms with Crippen LogP contribution in [-0.2, 0) is 16.8 Å². The maximum Gasteiger partial charge on any atom is 0.433 e. The Labute approximate surface area is 139 Å². The summed E-state index contributed by atoms with van der Waals surface area (Å²) in [5.74, 6) is 4.89. The topological polar surface area (TPSA) is 42.1 Å². The number of H-pyrrole nitrogens is 1. The Hall–Kier alpha value is -1.74. The Balaban J connectivity index is 2.68. The fraction of sp³-hybridized carbons (Fsp3) is 0.611. The fourth-order valence-corrected chi connectivity index (χ4v) is 2.47. The number of alkyl halides is 3. The molecule has 0 aromatic carbocycles. The Kier molecular flexibility index (Phi) is 5.44. The van der Waals surface area contributed by atoms with Crippen molar-refractivity contribution in [2.75, 3.05) is 6.61 Å². The summed E-state index contributed by atoms with van der Waals surface area (Å²) in [7, 11) is 0. The van der Waals surface area contributed by atoms with Crippen LogP contribution in [0.5, 0.6) is 0 Å². The van der Waals surface area contributed by atoms with E-state index < -0.39 is 22.9 Å². The van der Waals surface area contributed by atoms with Crippen LogP contribution in [0.3, 0.4) is 0 Å². The number of rotatable bonds is 5. The lowest BCUT2D eigenvalue weighted by molar-refractivity contribution is -0.259. The van der Waals surface area contributed by atoms with E-state index in [1.165, 1.54) is 6.07 Å². The van der Waals surface area contributed by atoms with E-state index in [1.54, 1.807) is 13.8 Å². The molecule has 132 valence electrons. The predicted molar refractivity (Wildman–Crippen MR) is 85.7 cm³/mol. The maximum absolute atomic E-state index is 14.0. The van der Waals surface area contributed by atoms with E-state index in [0.29, 0.717) is 24.1 Å². The first-order valence-electron chi connectivity index (χ1n) is 8.21. The molecule has 1 N–H and O–H groups in total. The summed E-state index contributed by atoms with van der Waals surface area (Å²) in [6.07, 6.45) is -2.32. The number of nitrogens with one attached hydrogen (secondary N) is 1. The summed E-state index contributed by atoms with van der Waals surface area (Å²) >= 11 is 0. The third kappa shape index (κ3) is 3.67. The van der Waals surface area contributed by atoms with Crippen LogP contribution in [0.2, 0.25) is 0 Å². The molecule has 0 unspecified atom stereocenters. The van der Waals surface area contributed by atoms with E-state index in [4.69, 9.17) is 4.74 Å². The summed E-state index contributed by atoms with van der Waals surface area (Å²) in [6.45, 7) is 5.07. The van der Waals surface area contributed by atoms with Gasteiger partial charge in [-0.25, -0.2) is 0 Å². The van der Waals surface area contributed by atoms with Gasteiger partial charge in [0.05, 0.1) is 5.56 Å². The summed E-state index contributed by atoms with van der Waals surface area (Å²) in [4.78, 5) is 14.8. The molecule has 0 amide bonds. The molecule has 1 heterocycles. The number of pyridine rings is 1. The molecule has 1 aromatic heterocycles. The molecule has 0 radical (unpaired) electrons. The van der Waals surface area contributed by atoms with E-state index >= 15 is 0 Å². The van der Waals surface area contributed by atoms with Crippen molar-refractivity contribution >= 4 is 0 Å². The third-order valence-corrected chi connectivity index (χ3v) is 4.06. The second-order valence-electron chi connectivity index (χ2n) is 6.09. The summed E-state index contributed by atoms with van der Waals surface area (Å²) in [5, 5.41) is 0. The molecule has 0 spiro atoms. The van der Waals surface area contributed by atoms with E-state index in [1.807, 2.05) is 6.92 Å². The smallest absolute Gasteiger partial charge is 0.350 e. The van der Waals surface area contributed by atoms with E-state index in [9.17, 15) is 18.0 Å². The molecule has 2 rings (SSSR count). The second kappa shape index (κ2) is 7.02. The van der Waals surface area contributed by atoms with Crippen molar-refractivity contribution in [3.05, 3.63) is 33.2 Å².